The third kappa shape index (κ3) is 4.72. The minimum absolute atomic E-state index is 0.0829. The van der Waals surface area contributed by atoms with Crippen molar-refractivity contribution >= 4 is 28.8 Å². The quantitative estimate of drug-likeness (QED) is 0.396. The molecule has 4 nitrogen and oxygen atoms in total. The fourth-order valence-electron chi connectivity index (χ4n) is 3.35. The monoisotopic (exact) mass is 443 g/mol. The van der Waals surface area contributed by atoms with Crippen LogP contribution in [-0.2, 0) is 17.4 Å². The number of carbonyl (C=O) groups is 1. The lowest BCUT2D eigenvalue weighted by Crippen LogP contribution is -2.14. The summed E-state index contributed by atoms with van der Waals surface area (Å²) in [5.41, 5.74) is 2.46. The highest BCUT2D eigenvalue weighted by molar-refractivity contribution is 6.30. The standard InChI is InChI=1S/C23H17ClF3N3O/c24-17-9-7-15(8-10-17)22-19(30-13-2-1-6-20(30)29-22)11-12-21(31)28-18-5-3-4-16(14-18)23(25,26)27/h1-10,13-14H,11-12H2,(H,28,31). The number of amides is 1. The zero-order valence-corrected chi connectivity index (χ0v) is 16.9. The Bertz CT molecular complexity index is 1230. The summed E-state index contributed by atoms with van der Waals surface area (Å²) < 4.78 is 40.6. The van der Waals surface area contributed by atoms with E-state index < -0.39 is 11.7 Å². The first-order valence-corrected chi connectivity index (χ1v) is 9.88. The number of halogens is 4. The smallest absolute Gasteiger partial charge is 0.326 e. The summed E-state index contributed by atoms with van der Waals surface area (Å²) in [6, 6.07) is 17.4. The Kier molecular flexibility index (Phi) is 5.69. The summed E-state index contributed by atoms with van der Waals surface area (Å²) in [6.45, 7) is 0. The molecule has 0 saturated carbocycles. The number of rotatable bonds is 5. The fourth-order valence-corrected chi connectivity index (χ4v) is 3.48. The van der Waals surface area contributed by atoms with Crippen LogP contribution in [0.4, 0.5) is 18.9 Å². The molecule has 0 bridgehead atoms. The Labute approximate surface area is 181 Å². The highest BCUT2D eigenvalue weighted by atomic mass is 35.5. The van der Waals surface area contributed by atoms with E-state index in [1.165, 1.54) is 12.1 Å². The Hall–Kier alpha value is -3.32. The molecule has 0 atom stereocenters. The second-order valence-corrected chi connectivity index (χ2v) is 7.41. The van der Waals surface area contributed by atoms with Crippen LogP contribution in [0.5, 0.6) is 0 Å². The molecule has 0 aliphatic carbocycles. The summed E-state index contributed by atoms with van der Waals surface area (Å²) in [5.74, 6) is -0.382. The van der Waals surface area contributed by atoms with Crippen molar-refractivity contribution in [1.29, 1.82) is 0 Å². The first-order chi connectivity index (χ1) is 14.8. The largest absolute Gasteiger partial charge is 0.416 e. The van der Waals surface area contributed by atoms with Crippen molar-refractivity contribution in [2.45, 2.75) is 19.0 Å². The number of nitrogens with zero attached hydrogens (tertiary/aromatic N) is 2. The van der Waals surface area contributed by atoms with Crippen LogP contribution in [0.3, 0.4) is 0 Å². The zero-order chi connectivity index (χ0) is 22.0. The van der Waals surface area contributed by atoms with Gasteiger partial charge < -0.3 is 9.72 Å². The third-order valence-corrected chi connectivity index (χ3v) is 5.06. The summed E-state index contributed by atoms with van der Waals surface area (Å²) in [7, 11) is 0. The number of imidazole rings is 1. The number of benzene rings is 2. The van der Waals surface area contributed by atoms with Crippen LogP contribution in [-0.4, -0.2) is 15.3 Å². The van der Waals surface area contributed by atoms with Crippen LogP contribution >= 0.6 is 11.6 Å². The van der Waals surface area contributed by atoms with E-state index in [0.717, 1.165) is 34.7 Å². The SMILES string of the molecule is O=C(CCc1c(-c2ccc(Cl)cc2)nc2ccccn12)Nc1cccc(C(F)(F)F)c1. The van der Waals surface area contributed by atoms with Gasteiger partial charge in [-0.15, -0.1) is 0 Å². The van der Waals surface area contributed by atoms with Gasteiger partial charge in [0, 0.05) is 28.9 Å². The van der Waals surface area contributed by atoms with Gasteiger partial charge in [0.25, 0.3) is 0 Å². The molecule has 2 aromatic heterocycles. The van der Waals surface area contributed by atoms with Gasteiger partial charge in [-0.25, -0.2) is 4.98 Å². The van der Waals surface area contributed by atoms with E-state index in [1.807, 2.05) is 40.9 Å². The zero-order valence-electron chi connectivity index (χ0n) is 16.2. The van der Waals surface area contributed by atoms with Gasteiger partial charge in [0.15, 0.2) is 0 Å². The predicted octanol–water partition coefficient (Wildman–Crippen LogP) is 6.24. The van der Waals surface area contributed by atoms with Crippen molar-refractivity contribution in [3.05, 3.63) is 89.2 Å². The maximum absolute atomic E-state index is 12.9. The molecular formula is C23H17ClF3N3O. The summed E-state index contributed by atoms with van der Waals surface area (Å²) in [5, 5.41) is 3.15. The number of aromatic nitrogens is 2. The first kappa shape index (κ1) is 20.9. The van der Waals surface area contributed by atoms with Crippen molar-refractivity contribution in [3.8, 4) is 11.3 Å². The van der Waals surface area contributed by atoms with Crippen LogP contribution in [0.1, 0.15) is 17.7 Å². The van der Waals surface area contributed by atoms with E-state index in [2.05, 4.69) is 10.3 Å². The number of carbonyl (C=O) groups excluding carboxylic acids is 1. The van der Waals surface area contributed by atoms with Gasteiger partial charge >= 0.3 is 6.18 Å². The first-order valence-electron chi connectivity index (χ1n) is 9.50. The normalized spacial score (nSPS) is 11.6. The number of pyridine rings is 1. The average Bonchev–Trinajstić information content (AvgIpc) is 3.11. The lowest BCUT2D eigenvalue weighted by Gasteiger charge is -2.10. The molecule has 0 saturated heterocycles. The maximum Gasteiger partial charge on any atom is 0.416 e. The number of nitrogens with one attached hydrogen (secondary N) is 1. The molecular weight excluding hydrogens is 427 g/mol. The molecule has 8 heteroatoms. The van der Waals surface area contributed by atoms with Crippen molar-refractivity contribution in [1.82, 2.24) is 9.38 Å². The van der Waals surface area contributed by atoms with E-state index >= 15 is 0 Å². The highest BCUT2D eigenvalue weighted by Gasteiger charge is 2.30. The number of anilines is 1. The Morgan fingerprint density at radius 1 is 1.03 bits per heavy atom. The van der Waals surface area contributed by atoms with Gasteiger partial charge in [0.2, 0.25) is 5.91 Å². The second-order valence-electron chi connectivity index (χ2n) is 6.97. The number of hydrogen-bond donors (Lipinski definition) is 1. The summed E-state index contributed by atoms with van der Waals surface area (Å²) in [4.78, 5) is 17.1. The average molecular weight is 444 g/mol. The lowest BCUT2D eigenvalue weighted by atomic mass is 10.1. The van der Waals surface area contributed by atoms with Crippen LogP contribution in [0.2, 0.25) is 5.02 Å². The van der Waals surface area contributed by atoms with E-state index in [0.29, 0.717) is 11.4 Å². The molecule has 0 aliphatic rings. The molecule has 0 aliphatic heterocycles. The fraction of sp³-hybridized carbons (Fsp3) is 0.130. The van der Waals surface area contributed by atoms with Crippen molar-refractivity contribution in [2.75, 3.05) is 5.32 Å². The Morgan fingerprint density at radius 2 is 1.81 bits per heavy atom. The van der Waals surface area contributed by atoms with Gasteiger partial charge in [-0.05, 0) is 48.9 Å². The molecule has 158 valence electrons. The van der Waals surface area contributed by atoms with Crippen LogP contribution in [0.25, 0.3) is 16.9 Å². The molecule has 4 aromatic rings. The van der Waals surface area contributed by atoms with Gasteiger partial charge in [0.1, 0.15) is 5.65 Å². The molecule has 0 radical (unpaired) electrons. The third-order valence-electron chi connectivity index (χ3n) is 4.81. The minimum atomic E-state index is -4.47. The summed E-state index contributed by atoms with van der Waals surface area (Å²) >= 11 is 5.99. The topological polar surface area (TPSA) is 46.4 Å². The number of aryl methyl sites for hydroxylation is 1. The van der Waals surface area contributed by atoms with E-state index in [4.69, 9.17) is 11.6 Å². The van der Waals surface area contributed by atoms with Crippen molar-refractivity contribution in [3.63, 3.8) is 0 Å². The molecule has 1 amide bonds. The van der Waals surface area contributed by atoms with Crippen molar-refractivity contribution in [2.24, 2.45) is 0 Å². The molecule has 31 heavy (non-hydrogen) atoms. The molecule has 2 heterocycles. The predicted molar refractivity (Wildman–Crippen MR) is 114 cm³/mol. The van der Waals surface area contributed by atoms with Crippen LogP contribution in [0, 0.1) is 0 Å². The van der Waals surface area contributed by atoms with E-state index in [-0.39, 0.29) is 18.0 Å². The van der Waals surface area contributed by atoms with E-state index in [1.54, 1.807) is 12.1 Å². The minimum Gasteiger partial charge on any atom is -0.326 e. The van der Waals surface area contributed by atoms with Gasteiger partial charge in [0.05, 0.1) is 17.0 Å². The molecule has 1 N–H and O–H groups in total. The lowest BCUT2D eigenvalue weighted by molar-refractivity contribution is -0.137. The van der Waals surface area contributed by atoms with Gasteiger partial charge in [-0.1, -0.05) is 35.9 Å². The van der Waals surface area contributed by atoms with Crippen LogP contribution in [0.15, 0.2) is 72.9 Å². The van der Waals surface area contributed by atoms with E-state index in [9.17, 15) is 18.0 Å². The van der Waals surface area contributed by atoms with Gasteiger partial charge in [-0.3, -0.25) is 4.79 Å². The Morgan fingerprint density at radius 3 is 2.55 bits per heavy atom. The molecule has 0 spiro atoms. The second kappa shape index (κ2) is 8.43. The molecule has 0 unspecified atom stereocenters. The summed E-state index contributed by atoms with van der Waals surface area (Å²) in [6.07, 6.45) is -2.17. The molecule has 0 fully saturated rings. The molecule has 2 aromatic carbocycles. The number of alkyl halides is 3. The number of hydrogen-bond acceptors (Lipinski definition) is 2. The highest BCUT2D eigenvalue weighted by Crippen LogP contribution is 2.31. The molecule has 4 rings (SSSR count). The van der Waals surface area contributed by atoms with Crippen molar-refractivity contribution < 1.29 is 18.0 Å². The van der Waals surface area contributed by atoms with Crippen LogP contribution < -0.4 is 5.32 Å². The van der Waals surface area contributed by atoms with Gasteiger partial charge in [-0.2, -0.15) is 13.2 Å². The maximum atomic E-state index is 12.9. The Balaban J connectivity index is 1.56. The number of fused-ring (bicyclic) bond motifs is 1.